The summed E-state index contributed by atoms with van der Waals surface area (Å²) in [5.41, 5.74) is 1.48. The Hall–Kier alpha value is -3.47. The van der Waals surface area contributed by atoms with E-state index in [0.717, 1.165) is 11.1 Å². The minimum atomic E-state index is -0.764. The van der Waals surface area contributed by atoms with Crippen molar-refractivity contribution in [2.24, 2.45) is 0 Å². The quantitative estimate of drug-likeness (QED) is 0.512. The van der Waals surface area contributed by atoms with E-state index in [4.69, 9.17) is 8.83 Å². The summed E-state index contributed by atoms with van der Waals surface area (Å²) in [6, 6.07) is 15.0. The van der Waals surface area contributed by atoms with Gasteiger partial charge in [-0.25, -0.2) is 14.0 Å². The minimum absolute atomic E-state index is 0.157. The zero-order valence-electron chi connectivity index (χ0n) is 14.7. The molecule has 2 aromatic carbocycles. The third-order valence-corrected chi connectivity index (χ3v) is 4.49. The summed E-state index contributed by atoms with van der Waals surface area (Å²) in [5, 5.41) is 0.262. The van der Waals surface area contributed by atoms with Crippen molar-refractivity contribution in [3.8, 4) is 22.5 Å². The summed E-state index contributed by atoms with van der Waals surface area (Å²) in [6.45, 7) is 3.60. The van der Waals surface area contributed by atoms with Crippen LogP contribution in [0.1, 0.15) is 11.3 Å². The molecule has 134 valence electrons. The van der Waals surface area contributed by atoms with Crippen LogP contribution in [-0.4, -0.2) is 0 Å². The topological polar surface area (TPSA) is 60.4 Å². The highest BCUT2D eigenvalue weighted by atomic mass is 19.1. The van der Waals surface area contributed by atoms with Crippen LogP contribution in [0.15, 0.2) is 73.0 Å². The van der Waals surface area contributed by atoms with E-state index in [9.17, 15) is 14.0 Å². The SMILES string of the molecule is Cc1ccc(-c2cc3c(-c4ccc(F)cc4)c(C)oc(=O)c3c(=O)o2)cc1. The Balaban J connectivity index is 2.08. The molecular formula is C22H15FO4. The number of benzene rings is 2. The van der Waals surface area contributed by atoms with Crippen LogP contribution in [0.3, 0.4) is 0 Å². The van der Waals surface area contributed by atoms with Gasteiger partial charge in [0.2, 0.25) is 0 Å². The van der Waals surface area contributed by atoms with Gasteiger partial charge in [0, 0.05) is 16.5 Å². The number of fused-ring (bicyclic) bond motifs is 1. The van der Waals surface area contributed by atoms with Gasteiger partial charge in [-0.1, -0.05) is 42.0 Å². The maximum atomic E-state index is 13.3. The average Bonchev–Trinajstić information content (AvgIpc) is 2.63. The van der Waals surface area contributed by atoms with E-state index >= 15 is 0 Å². The Bertz CT molecular complexity index is 1260. The lowest BCUT2D eigenvalue weighted by molar-refractivity contribution is 0.482. The molecule has 2 aromatic heterocycles. The predicted octanol–water partition coefficient (Wildman–Crippen LogP) is 4.84. The fraction of sp³-hybridized carbons (Fsp3) is 0.0909. The van der Waals surface area contributed by atoms with E-state index in [1.165, 1.54) is 12.1 Å². The molecule has 0 aliphatic rings. The summed E-state index contributed by atoms with van der Waals surface area (Å²) in [5.74, 6) is 0.318. The molecule has 4 rings (SSSR count). The average molecular weight is 362 g/mol. The molecule has 0 bridgehead atoms. The van der Waals surface area contributed by atoms with Crippen molar-refractivity contribution in [3.63, 3.8) is 0 Å². The highest BCUT2D eigenvalue weighted by Crippen LogP contribution is 2.32. The van der Waals surface area contributed by atoms with E-state index < -0.39 is 11.3 Å². The highest BCUT2D eigenvalue weighted by Gasteiger charge is 2.18. The van der Waals surface area contributed by atoms with Crippen molar-refractivity contribution in [2.45, 2.75) is 13.8 Å². The van der Waals surface area contributed by atoms with Gasteiger partial charge in [0.25, 0.3) is 0 Å². The Labute approximate surface area is 153 Å². The molecule has 27 heavy (non-hydrogen) atoms. The zero-order chi connectivity index (χ0) is 19.1. The number of halogens is 1. The van der Waals surface area contributed by atoms with Crippen LogP contribution >= 0.6 is 0 Å². The lowest BCUT2D eigenvalue weighted by atomic mass is 9.98. The molecule has 0 atom stereocenters. The van der Waals surface area contributed by atoms with Crippen LogP contribution in [0.2, 0.25) is 0 Å². The number of hydrogen-bond acceptors (Lipinski definition) is 4. The van der Waals surface area contributed by atoms with E-state index in [1.54, 1.807) is 25.1 Å². The van der Waals surface area contributed by atoms with Gasteiger partial charge >= 0.3 is 11.3 Å². The molecule has 0 radical (unpaired) electrons. The molecule has 0 fully saturated rings. The van der Waals surface area contributed by atoms with Crippen LogP contribution in [0, 0.1) is 19.7 Å². The van der Waals surface area contributed by atoms with Gasteiger partial charge in [-0.15, -0.1) is 0 Å². The van der Waals surface area contributed by atoms with Gasteiger partial charge < -0.3 is 8.83 Å². The molecule has 0 aliphatic carbocycles. The Morgan fingerprint density at radius 1 is 0.778 bits per heavy atom. The molecule has 0 unspecified atom stereocenters. The smallest absolute Gasteiger partial charge is 0.351 e. The standard InChI is InChI=1S/C22H15FO4/c1-12-3-5-14(6-4-12)18-11-17-19(15-7-9-16(23)10-8-15)13(2)26-21(24)20(17)22(25)27-18/h3-11H,1-2H3. The fourth-order valence-corrected chi connectivity index (χ4v) is 3.15. The van der Waals surface area contributed by atoms with E-state index in [0.29, 0.717) is 28.0 Å². The maximum absolute atomic E-state index is 13.3. The van der Waals surface area contributed by atoms with E-state index in [1.807, 2.05) is 31.2 Å². The van der Waals surface area contributed by atoms with Crippen LogP contribution in [0.4, 0.5) is 4.39 Å². The van der Waals surface area contributed by atoms with Gasteiger partial charge in [-0.2, -0.15) is 0 Å². The van der Waals surface area contributed by atoms with Gasteiger partial charge in [-0.05, 0) is 37.6 Å². The van der Waals surface area contributed by atoms with Gasteiger partial charge in [-0.3, -0.25) is 0 Å². The first-order valence-corrected chi connectivity index (χ1v) is 8.38. The predicted molar refractivity (Wildman–Crippen MR) is 101 cm³/mol. The zero-order valence-corrected chi connectivity index (χ0v) is 14.7. The van der Waals surface area contributed by atoms with Crippen LogP contribution in [-0.2, 0) is 0 Å². The molecule has 4 nitrogen and oxygen atoms in total. The van der Waals surface area contributed by atoms with Crippen molar-refractivity contribution >= 4 is 10.8 Å². The Kier molecular flexibility index (Phi) is 4.00. The van der Waals surface area contributed by atoms with Gasteiger partial charge in [0.05, 0.1) is 0 Å². The fourth-order valence-electron chi connectivity index (χ4n) is 3.15. The summed E-state index contributed by atoms with van der Waals surface area (Å²) in [6.07, 6.45) is 0. The van der Waals surface area contributed by atoms with Crippen LogP contribution in [0.5, 0.6) is 0 Å². The molecule has 4 aromatic rings. The summed E-state index contributed by atoms with van der Waals surface area (Å²) in [4.78, 5) is 24.8. The molecule has 5 heteroatoms. The monoisotopic (exact) mass is 362 g/mol. The number of hydrogen-bond donors (Lipinski definition) is 0. The molecule has 0 aliphatic heterocycles. The molecule has 0 saturated carbocycles. The number of rotatable bonds is 2. The molecular weight excluding hydrogens is 347 g/mol. The van der Waals surface area contributed by atoms with Crippen molar-refractivity contribution in [3.05, 3.63) is 92.6 Å². The summed E-state index contributed by atoms with van der Waals surface area (Å²) >= 11 is 0. The summed E-state index contributed by atoms with van der Waals surface area (Å²) in [7, 11) is 0. The second kappa shape index (κ2) is 6.36. The Morgan fingerprint density at radius 2 is 1.37 bits per heavy atom. The minimum Gasteiger partial charge on any atom is -0.427 e. The van der Waals surface area contributed by atoms with Crippen molar-refractivity contribution in [2.75, 3.05) is 0 Å². The normalized spacial score (nSPS) is 11.1. The van der Waals surface area contributed by atoms with E-state index in [2.05, 4.69) is 0 Å². The molecule has 0 spiro atoms. The van der Waals surface area contributed by atoms with Crippen LogP contribution in [0.25, 0.3) is 33.2 Å². The highest BCUT2D eigenvalue weighted by molar-refractivity contribution is 5.97. The van der Waals surface area contributed by atoms with Crippen molar-refractivity contribution in [1.82, 2.24) is 0 Å². The second-order valence-corrected chi connectivity index (χ2v) is 6.38. The molecule has 2 heterocycles. The van der Waals surface area contributed by atoms with Crippen LogP contribution < -0.4 is 11.3 Å². The maximum Gasteiger partial charge on any atom is 0.351 e. The van der Waals surface area contributed by atoms with E-state index in [-0.39, 0.29) is 11.2 Å². The lowest BCUT2D eigenvalue weighted by Gasteiger charge is -2.10. The largest absolute Gasteiger partial charge is 0.427 e. The third-order valence-electron chi connectivity index (χ3n) is 4.49. The molecule has 0 N–H and O–H groups in total. The number of aryl methyl sites for hydroxylation is 2. The second-order valence-electron chi connectivity index (χ2n) is 6.38. The first-order valence-electron chi connectivity index (χ1n) is 8.38. The van der Waals surface area contributed by atoms with Gasteiger partial charge in [0.15, 0.2) is 5.39 Å². The van der Waals surface area contributed by atoms with Crippen molar-refractivity contribution < 1.29 is 13.2 Å². The van der Waals surface area contributed by atoms with Gasteiger partial charge in [0.1, 0.15) is 17.3 Å². The Morgan fingerprint density at radius 3 is 2.04 bits per heavy atom. The first-order chi connectivity index (χ1) is 12.9. The molecule has 0 saturated heterocycles. The van der Waals surface area contributed by atoms with Crippen molar-refractivity contribution in [1.29, 1.82) is 0 Å². The lowest BCUT2D eigenvalue weighted by Crippen LogP contribution is -2.13. The third kappa shape index (κ3) is 2.97. The summed E-state index contributed by atoms with van der Waals surface area (Å²) < 4.78 is 23.9. The first kappa shape index (κ1) is 17.0. The molecule has 0 amide bonds.